The third kappa shape index (κ3) is 5.26. The Bertz CT molecular complexity index is 1270. The van der Waals surface area contributed by atoms with Gasteiger partial charge in [-0.15, -0.1) is 0 Å². The second kappa shape index (κ2) is 9.95. The van der Waals surface area contributed by atoms with Crippen LogP contribution in [0.3, 0.4) is 0 Å². The number of thiazole rings is 1. The molecule has 0 radical (unpaired) electrons. The summed E-state index contributed by atoms with van der Waals surface area (Å²) < 4.78 is 32.6. The van der Waals surface area contributed by atoms with Gasteiger partial charge in [0.1, 0.15) is 0 Å². The first kappa shape index (κ1) is 24.1. The number of fused-ring (bicyclic) bond motifs is 1. The number of anilines is 1. The number of halogens is 1. The highest BCUT2D eigenvalue weighted by atomic mass is 35.5. The Balaban J connectivity index is 1.69. The van der Waals surface area contributed by atoms with Crippen molar-refractivity contribution in [3.63, 3.8) is 0 Å². The van der Waals surface area contributed by atoms with Gasteiger partial charge in [0.2, 0.25) is 10.0 Å². The summed E-state index contributed by atoms with van der Waals surface area (Å²) in [5.74, 6) is -1.47. The molecule has 0 spiro atoms. The van der Waals surface area contributed by atoms with E-state index in [2.05, 4.69) is 10.3 Å². The minimum atomic E-state index is -3.78. The normalized spacial score (nSPS) is 11.7. The van der Waals surface area contributed by atoms with Gasteiger partial charge in [-0.3, -0.25) is 10.1 Å². The van der Waals surface area contributed by atoms with Crippen molar-refractivity contribution in [1.82, 2.24) is 9.29 Å². The number of hydrogen-bond donors (Lipinski definition) is 1. The van der Waals surface area contributed by atoms with Gasteiger partial charge in [0.15, 0.2) is 11.7 Å². The van der Waals surface area contributed by atoms with E-state index >= 15 is 0 Å². The molecule has 0 aliphatic carbocycles. The number of carbonyl (C=O) groups excluding carboxylic acids is 2. The summed E-state index contributed by atoms with van der Waals surface area (Å²) in [5.41, 5.74) is 1.70. The Morgan fingerprint density at radius 2 is 1.88 bits per heavy atom. The number of ether oxygens (including phenoxy) is 1. The van der Waals surface area contributed by atoms with E-state index < -0.39 is 28.5 Å². The number of esters is 1. The number of rotatable bonds is 8. The van der Waals surface area contributed by atoms with Gasteiger partial charge >= 0.3 is 5.97 Å². The Kier molecular flexibility index (Phi) is 7.50. The van der Waals surface area contributed by atoms with Gasteiger partial charge in [-0.2, -0.15) is 4.31 Å². The molecule has 0 aliphatic rings. The molecule has 3 aromatic rings. The minimum absolute atomic E-state index is 0.0236. The average Bonchev–Trinajstić information content (AvgIpc) is 3.14. The maximum absolute atomic E-state index is 12.7. The molecule has 0 unspecified atom stereocenters. The zero-order chi connectivity index (χ0) is 23.5. The van der Waals surface area contributed by atoms with E-state index in [0.717, 1.165) is 21.8 Å². The molecule has 0 aliphatic heterocycles. The van der Waals surface area contributed by atoms with Crippen LogP contribution in [0.1, 0.15) is 29.8 Å². The number of sulfonamides is 1. The van der Waals surface area contributed by atoms with Crippen LogP contribution in [0.2, 0.25) is 5.02 Å². The lowest BCUT2D eigenvalue weighted by Crippen LogP contribution is -2.30. The molecule has 11 heteroatoms. The third-order valence-electron chi connectivity index (χ3n) is 4.63. The van der Waals surface area contributed by atoms with Crippen LogP contribution in [-0.4, -0.2) is 49.3 Å². The second-order valence-corrected chi connectivity index (χ2v) is 10.2. The Morgan fingerprint density at radius 1 is 1.16 bits per heavy atom. The van der Waals surface area contributed by atoms with E-state index in [9.17, 15) is 18.0 Å². The molecule has 3 rings (SSSR count). The first-order valence-electron chi connectivity index (χ1n) is 9.79. The maximum Gasteiger partial charge on any atom is 0.340 e. The van der Waals surface area contributed by atoms with Crippen LogP contribution < -0.4 is 5.32 Å². The van der Waals surface area contributed by atoms with Crippen LogP contribution in [-0.2, 0) is 19.6 Å². The molecule has 32 heavy (non-hydrogen) atoms. The fourth-order valence-corrected chi connectivity index (χ4v) is 5.64. The predicted molar refractivity (Wildman–Crippen MR) is 125 cm³/mol. The van der Waals surface area contributed by atoms with Crippen LogP contribution in [0, 0.1) is 6.92 Å². The topological polar surface area (TPSA) is 106 Å². The van der Waals surface area contributed by atoms with Crippen molar-refractivity contribution < 1.29 is 22.7 Å². The summed E-state index contributed by atoms with van der Waals surface area (Å²) in [6, 6.07) is 9.55. The van der Waals surface area contributed by atoms with Gasteiger partial charge in [0.25, 0.3) is 5.91 Å². The van der Waals surface area contributed by atoms with Crippen molar-refractivity contribution in [3.05, 3.63) is 52.5 Å². The maximum atomic E-state index is 12.7. The Labute approximate surface area is 195 Å². The smallest absolute Gasteiger partial charge is 0.340 e. The monoisotopic (exact) mass is 495 g/mol. The van der Waals surface area contributed by atoms with Crippen LogP contribution in [0.15, 0.2) is 41.3 Å². The SMILES string of the molecule is CCN(CC)S(=O)(=O)c1ccc(Cl)c(C(=O)OCC(=O)Nc2nc3ccc(C)cc3s2)c1. The van der Waals surface area contributed by atoms with E-state index in [0.29, 0.717) is 5.13 Å². The summed E-state index contributed by atoms with van der Waals surface area (Å²) >= 11 is 7.38. The lowest BCUT2D eigenvalue weighted by atomic mass is 10.2. The number of aromatic nitrogens is 1. The second-order valence-electron chi connectivity index (χ2n) is 6.85. The van der Waals surface area contributed by atoms with E-state index in [1.807, 2.05) is 25.1 Å². The highest BCUT2D eigenvalue weighted by molar-refractivity contribution is 7.89. The Hall–Kier alpha value is -2.53. The van der Waals surface area contributed by atoms with Crippen LogP contribution in [0.25, 0.3) is 10.2 Å². The van der Waals surface area contributed by atoms with Gasteiger partial charge in [0, 0.05) is 13.1 Å². The van der Waals surface area contributed by atoms with Gasteiger partial charge < -0.3 is 4.74 Å². The molecule has 1 amide bonds. The average molecular weight is 496 g/mol. The molecule has 1 heterocycles. The first-order valence-corrected chi connectivity index (χ1v) is 12.4. The molecule has 1 N–H and O–H groups in total. The van der Waals surface area contributed by atoms with Crippen molar-refractivity contribution in [2.45, 2.75) is 25.7 Å². The van der Waals surface area contributed by atoms with Crippen LogP contribution in [0.4, 0.5) is 5.13 Å². The number of benzene rings is 2. The highest BCUT2D eigenvalue weighted by Gasteiger charge is 2.24. The molecular weight excluding hydrogens is 474 g/mol. The van der Waals surface area contributed by atoms with Crippen molar-refractivity contribution in [2.24, 2.45) is 0 Å². The van der Waals surface area contributed by atoms with Gasteiger partial charge in [-0.25, -0.2) is 18.2 Å². The summed E-state index contributed by atoms with van der Waals surface area (Å²) in [7, 11) is -3.78. The number of amides is 1. The number of nitrogens with one attached hydrogen (secondary N) is 1. The molecule has 0 atom stereocenters. The quantitative estimate of drug-likeness (QED) is 0.472. The van der Waals surface area contributed by atoms with Crippen molar-refractivity contribution in [1.29, 1.82) is 0 Å². The van der Waals surface area contributed by atoms with E-state index in [1.165, 1.54) is 27.8 Å². The zero-order valence-electron chi connectivity index (χ0n) is 17.7. The number of aryl methyl sites for hydroxylation is 1. The predicted octanol–water partition coefficient (Wildman–Crippen LogP) is 4.08. The third-order valence-corrected chi connectivity index (χ3v) is 7.93. The van der Waals surface area contributed by atoms with Crippen molar-refractivity contribution in [3.8, 4) is 0 Å². The van der Waals surface area contributed by atoms with Crippen molar-refractivity contribution in [2.75, 3.05) is 25.0 Å². The number of nitrogens with zero attached hydrogens (tertiary/aromatic N) is 2. The summed E-state index contributed by atoms with van der Waals surface area (Å²) in [5, 5.41) is 3.00. The molecule has 8 nitrogen and oxygen atoms in total. The zero-order valence-corrected chi connectivity index (χ0v) is 20.1. The molecule has 2 aromatic carbocycles. The van der Waals surface area contributed by atoms with Crippen LogP contribution >= 0.6 is 22.9 Å². The molecule has 0 saturated carbocycles. The Morgan fingerprint density at radius 3 is 2.56 bits per heavy atom. The molecule has 0 bridgehead atoms. The standard InChI is InChI=1S/C21H22ClN3O5S2/c1-4-25(5-2)32(28,29)14-7-8-16(22)15(11-14)20(27)30-12-19(26)24-21-23-17-9-6-13(3)10-18(17)31-21/h6-11H,4-5,12H2,1-3H3,(H,23,24,26). The molecule has 170 valence electrons. The molecule has 0 fully saturated rings. The number of hydrogen-bond acceptors (Lipinski definition) is 7. The summed E-state index contributed by atoms with van der Waals surface area (Å²) in [6.45, 7) is 5.40. The number of carbonyl (C=O) groups is 2. The van der Waals surface area contributed by atoms with Crippen molar-refractivity contribution >= 4 is 60.2 Å². The lowest BCUT2D eigenvalue weighted by Gasteiger charge is -2.19. The van der Waals surface area contributed by atoms with E-state index in [-0.39, 0.29) is 28.6 Å². The van der Waals surface area contributed by atoms with E-state index in [1.54, 1.807) is 13.8 Å². The fourth-order valence-electron chi connectivity index (χ4n) is 2.98. The fraction of sp³-hybridized carbons (Fsp3) is 0.286. The first-order chi connectivity index (χ1) is 15.1. The molecule has 0 saturated heterocycles. The summed E-state index contributed by atoms with van der Waals surface area (Å²) in [6.07, 6.45) is 0. The largest absolute Gasteiger partial charge is 0.452 e. The molecule has 1 aromatic heterocycles. The summed E-state index contributed by atoms with van der Waals surface area (Å²) in [4.78, 5) is 28.9. The van der Waals surface area contributed by atoms with Gasteiger partial charge in [0.05, 0.1) is 25.7 Å². The van der Waals surface area contributed by atoms with E-state index in [4.69, 9.17) is 16.3 Å². The molecular formula is C21H22ClN3O5S2. The highest BCUT2D eigenvalue weighted by Crippen LogP contribution is 2.27. The van der Waals surface area contributed by atoms with Gasteiger partial charge in [-0.1, -0.05) is 42.9 Å². The van der Waals surface area contributed by atoms with Crippen LogP contribution in [0.5, 0.6) is 0 Å². The minimum Gasteiger partial charge on any atom is -0.452 e. The lowest BCUT2D eigenvalue weighted by molar-refractivity contribution is -0.119. The van der Waals surface area contributed by atoms with Gasteiger partial charge in [-0.05, 0) is 42.8 Å².